The third kappa shape index (κ3) is 3.77. The summed E-state index contributed by atoms with van der Waals surface area (Å²) in [6.07, 6.45) is -0.628. The zero-order valence-corrected chi connectivity index (χ0v) is 13.3. The van der Waals surface area contributed by atoms with Gasteiger partial charge in [0.15, 0.2) is 6.10 Å². The minimum atomic E-state index is -0.628. The predicted octanol–water partition coefficient (Wildman–Crippen LogP) is 2.33. The Bertz CT molecular complexity index is 565. The van der Waals surface area contributed by atoms with Crippen LogP contribution in [0.4, 0.5) is 0 Å². The molecule has 1 aromatic carbocycles. The highest BCUT2D eigenvalue weighted by Crippen LogP contribution is 2.21. The minimum absolute atomic E-state index is 0.176. The molecule has 5 heteroatoms. The summed E-state index contributed by atoms with van der Waals surface area (Å²) in [6.45, 7) is 7.08. The van der Waals surface area contributed by atoms with E-state index in [1.807, 2.05) is 24.3 Å². The first-order valence-electron chi connectivity index (χ1n) is 7.57. The van der Waals surface area contributed by atoms with Crippen molar-refractivity contribution in [2.45, 2.75) is 38.8 Å². The number of nitrogens with zero attached hydrogens (tertiary/aromatic N) is 2. The molecule has 1 aliphatic heterocycles. The Morgan fingerprint density at radius 2 is 2.23 bits per heavy atom. The van der Waals surface area contributed by atoms with Gasteiger partial charge in [-0.2, -0.15) is 5.26 Å². The van der Waals surface area contributed by atoms with Crippen molar-refractivity contribution in [2.24, 2.45) is 0 Å². The van der Waals surface area contributed by atoms with Crippen molar-refractivity contribution in [3.05, 3.63) is 29.8 Å². The van der Waals surface area contributed by atoms with Gasteiger partial charge in [0.2, 0.25) is 0 Å². The van der Waals surface area contributed by atoms with E-state index >= 15 is 0 Å². The van der Waals surface area contributed by atoms with Crippen molar-refractivity contribution < 1.29 is 14.3 Å². The highest BCUT2D eigenvalue weighted by atomic mass is 16.5. The van der Waals surface area contributed by atoms with Crippen LogP contribution in [0.3, 0.4) is 0 Å². The SMILES string of the molecule is CC(C)c1cccc(O[C@H](C)C(=O)N2CCOC[C@@H]2C#N)c1. The molecule has 0 aromatic heterocycles. The number of rotatable bonds is 4. The summed E-state index contributed by atoms with van der Waals surface area (Å²) in [4.78, 5) is 14.0. The Hall–Kier alpha value is -2.06. The average molecular weight is 302 g/mol. The molecule has 1 amide bonds. The fourth-order valence-electron chi connectivity index (χ4n) is 2.41. The van der Waals surface area contributed by atoms with Gasteiger partial charge in [0.05, 0.1) is 19.3 Å². The molecule has 0 radical (unpaired) electrons. The summed E-state index contributed by atoms with van der Waals surface area (Å²) in [7, 11) is 0. The summed E-state index contributed by atoms with van der Waals surface area (Å²) in [5, 5.41) is 9.11. The fourth-order valence-corrected chi connectivity index (χ4v) is 2.41. The summed E-state index contributed by atoms with van der Waals surface area (Å²) in [6, 6.07) is 9.33. The van der Waals surface area contributed by atoms with E-state index in [2.05, 4.69) is 19.9 Å². The van der Waals surface area contributed by atoms with E-state index in [9.17, 15) is 4.79 Å². The number of amides is 1. The smallest absolute Gasteiger partial charge is 0.264 e. The molecule has 1 fully saturated rings. The van der Waals surface area contributed by atoms with Crippen molar-refractivity contribution in [1.29, 1.82) is 5.26 Å². The van der Waals surface area contributed by atoms with E-state index in [4.69, 9.17) is 14.7 Å². The van der Waals surface area contributed by atoms with E-state index in [1.165, 1.54) is 5.56 Å². The maximum atomic E-state index is 12.5. The number of ether oxygens (including phenoxy) is 2. The number of carbonyl (C=O) groups is 1. The third-order valence-corrected chi connectivity index (χ3v) is 3.75. The molecule has 2 atom stereocenters. The van der Waals surface area contributed by atoms with E-state index in [0.29, 0.717) is 24.8 Å². The first-order valence-corrected chi connectivity index (χ1v) is 7.57. The van der Waals surface area contributed by atoms with Crippen molar-refractivity contribution in [1.82, 2.24) is 4.90 Å². The number of morpholine rings is 1. The molecule has 1 aromatic rings. The van der Waals surface area contributed by atoms with Crippen LogP contribution >= 0.6 is 0 Å². The van der Waals surface area contributed by atoms with Crippen LogP contribution in [0, 0.1) is 11.3 Å². The van der Waals surface area contributed by atoms with Crippen LogP contribution in [-0.4, -0.2) is 42.7 Å². The zero-order chi connectivity index (χ0) is 16.1. The molecule has 0 saturated carbocycles. The summed E-state index contributed by atoms with van der Waals surface area (Å²) < 4.78 is 11.0. The second-order valence-electron chi connectivity index (χ2n) is 5.74. The van der Waals surface area contributed by atoms with E-state index in [1.54, 1.807) is 11.8 Å². The molecule has 0 N–H and O–H groups in total. The normalized spacial score (nSPS) is 19.6. The van der Waals surface area contributed by atoms with Crippen LogP contribution in [0.15, 0.2) is 24.3 Å². The molecule has 22 heavy (non-hydrogen) atoms. The predicted molar refractivity (Wildman–Crippen MR) is 82.6 cm³/mol. The highest BCUT2D eigenvalue weighted by molar-refractivity contribution is 5.81. The van der Waals surface area contributed by atoms with Gasteiger partial charge in [-0.05, 0) is 30.5 Å². The molecule has 2 rings (SSSR count). The molecule has 1 heterocycles. The van der Waals surface area contributed by atoms with Crippen molar-refractivity contribution >= 4 is 5.91 Å². The van der Waals surface area contributed by atoms with Crippen molar-refractivity contribution in [2.75, 3.05) is 19.8 Å². The first-order chi connectivity index (χ1) is 10.5. The highest BCUT2D eigenvalue weighted by Gasteiger charge is 2.31. The van der Waals surface area contributed by atoms with Gasteiger partial charge in [0, 0.05) is 6.54 Å². The van der Waals surface area contributed by atoms with Crippen molar-refractivity contribution in [3.63, 3.8) is 0 Å². The lowest BCUT2D eigenvalue weighted by Crippen LogP contribution is -2.52. The zero-order valence-electron chi connectivity index (χ0n) is 13.3. The van der Waals surface area contributed by atoms with Gasteiger partial charge in [0.1, 0.15) is 11.8 Å². The summed E-state index contributed by atoms with van der Waals surface area (Å²) in [5.74, 6) is 0.899. The number of hydrogen-bond donors (Lipinski definition) is 0. The molecule has 1 saturated heterocycles. The van der Waals surface area contributed by atoms with E-state index in [0.717, 1.165) is 0 Å². The molecule has 0 bridgehead atoms. The molecule has 0 spiro atoms. The summed E-state index contributed by atoms with van der Waals surface area (Å²) >= 11 is 0. The number of carbonyl (C=O) groups excluding carboxylic acids is 1. The second-order valence-corrected chi connectivity index (χ2v) is 5.74. The van der Waals surface area contributed by atoms with Crippen LogP contribution in [0.5, 0.6) is 5.75 Å². The lowest BCUT2D eigenvalue weighted by molar-refractivity contribution is -0.144. The van der Waals surface area contributed by atoms with Gasteiger partial charge in [-0.3, -0.25) is 4.79 Å². The van der Waals surface area contributed by atoms with Gasteiger partial charge in [-0.15, -0.1) is 0 Å². The van der Waals surface area contributed by atoms with Crippen LogP contribution < -0.4 is 4.74 Å². The van der Waals surface area contributed by atoms with Crippen LogP contribution in [0.25, 0.3) is 0 Å². The van der Waals surface area contributed by atoms with Gasteiger partial charge in [-0.1, -0.05) is 26.0 Å². The maximum absolute atomic E-state index is 12.5. The van der Waals surface area contributed by atoms with Gasteiger partial charge in [-0.25, -0.2) is 0 Å². The largest absolute Gasteiger partial charge is 0.481 e. The average Bonchev–Trinajstić information content (AvgIpc) is 2.54. The molecule has 5 nitrogen and oxygen atoms in total. The lowest BCUT2D eigenvalue weighted by atomic mass is 10.0. The molecule has 0 aliphatic carbocycles. The number of benzene rings is 1. The Labute approximate surface area is 131 Å². The number of hydrogen-bond acceptors (Lipinski definition) is 4. The Morgan fingerprint density at radius 1 is 1.45 bits per heavy atom. The van der Waals surface area contributed by atoms with Crippen LogP contribution in [0.2, 0.25) is 0 Å². The molecule has 0 unspecified atom stereocenters. The topological polar surface area (TPSA) is 62.6 Å². The minimum Gasteiger partial charge on any atom is -0.481 e. The second kappa shape index (κ2) is 7.28. The van der Waals surface area contributed by atoms with Gasteiger partial charge >= 0.3 is 0 Å². The quantitative estimate of drug-likeness (QED) is 0.856. The van der Waals surface area contributed by atoms with Gasteiger partial charge < -0.3 is 14.4 Å². The standard InChI is InChI=1S/C17H22N2O3/c1-12(2)14-5-4-6-16(9-14)22-13(3)17(20)19-7-8-21-11-15(19)10-18/h4-6,9,12-13,15H,7-8,11H2,1-3H3/t13-,15+/m1/s1. The van der Waals surface area contributed by atoms with E-state index < -0.39 is 12.1 Å². The lowest BCUT2D eigenvalue weighted by Gasteiger charge is -2.33. The van der Waals surface area contributed by atoms with Crippen molar-refractivity contribution in [3.8, 4) is 11.8 Å². The number of nitriles is 1. The molecular weight excluding hydrogens is 280 g/mol. The van der Waals surface area contributed by atoms with E-state index in [-0.39, 0.29) is 12.5 Å². The molecule has 118 valence electrons. The van der Waals surface area contributed by atoms with Crippen LogP contribution in [-0.2, 0) is 9.53 Å². The first kappa shape index (κ1) is 16.3. The Balaban J connectivity index is 2.05. The van der Waals surface area contributed by atoms with Crippen LogP contribution in [0.1, 0.15) is 32.3 Å². The van der Waals surface area contributed by atoms with Gasteiger partial charge in [0.25, 0.3) is 5.91 Å². The monoisotopic (exact) mass is 302 g/mol. The molecular formula is C17H22N2O3. The Kier molecular flexibility index (Phi) is 5.40. The maximum Gasteiger partial charge on any atom is 0.264 e. The Morgan fingerprint density at radius 3 is 2.91 bits per heavy atom. The fraction of sp³-hybridized carbons (Fsp3) is 0.529. The third-order valence-electron chi connectivity index (χ3n) is 3.75. The molecule has 1 aliphatic rings. The summed E-state index contributed by atoms with van der Waals surface area (Å²) in [5.41, 5.74) is 1.17.